The van der Waals surface area contributed by atoms with Crippen molar-refractivity contribution in [3.63, 3.8) is 0 Å². The summed E-state index contributed by atoms with van der Waals surface area (Å²) in [7, 11) is 0. The number of Topliss-reactive ketones (excluding diaryl/α,β-unsaturated/α-hetero) is 1. The smallest absolute Gasteiger partial charge is 0.146 e. The van der Waals surface area contributed by atoms with E-state index in [0.717, 1.165) is 0 Å². The van der Waals surface area contributed by atoms with Gasteiger partial charge in [-0.15, -0.1) is 11.8 Å². The lowest BCUT2D eigenvalue weighted by molar-refractivity contribution is -0.117. The highest BCUT2D eigenvalue weighted by molar-refractivity contribution is 8.01. The number of benzene rings is 1. The standard InChI is InChI=1S/C12H12ClFOS/c1-7-12(15)6-8(16-7)5-9-10(13)3-2-4-11(9)14/h2-4,7-8H,5-6H2,1H3. The molecule has 1 aromatic rings. The minimum atomic E-state index is -0.278. The molecule has 86 valence electrons. The summed E-state index contributed by atoms with van der Waals surface area (Å²) in [4.78, 5) is 11.4. The van der Waals surface area contributed by atoms with Crippen LogP contribution < -0.4 is 0 Å². The summed E-state index contributed by atoms with van der Waals surface area (Å²) in [6.45, 7) is 1.90. The fourth-order valence-corrected chi connectivity index (χ4v) is 3.47. The van der Waals surface area contributed by atoms with E-state index in [4.69, 9.17) is 11.6 Å². The van der Waals surface area contributed by atoms with Gasteiger partial charge in [0.15, 0.2) is 0 Å². The van der Waals surface area contributed by atoms with Gasteiger partial charge in [0.1, 0.15) is 11.6 Å². The molecule has 2 atom stereocenters. The molecular weight excluding hydrogens is 247 g/mol. The second-order valence-corrected chi connectivity index (χ2v) is 6.03. The maximum absolute atomic E-state index is 13.5. The zero-order valence-corrected chi connectivity index (χ0v) is 10.4. The average molecular weight is 259 g/mol. The second kappa shape index (κ2) is 4.76. The van der Waals surface area contributed by atoms with Crippen molar-refractivity contribution in [1.82, 2.24) is 0 Å². The first-order valence-electron chi connectivity index (χ1n) is 5.19. The summed E-state index contributed by atoms with van der Waals surface area (Å²) in [5.74, 6) is -0.0254. The monoisotopic (exact) mass is 258 g/mol. The first-order valence-corrected chi connectivity index (χ1v) is 6.51. The summed E-state index contributed by atoms with van der Waals surface area (Å²) < 4.78 is 13.5. The van der Waals surface area contributed by atoms with E-state index in [-0.39, 0.29) is 22.1 Å². The molecule has 1 aliphatic heterocycles. The van der Waals surface area contributed by atoms with Crippen LogP contribution in [0, 0.1) is 5.82 Å². The summed E-state index contributed by atoms with van der Waals surface area (Å²) in [5.41, 5.74) is 0.531. The van der Waals surface area contributed by atoms with Crippen molar-refractivity contribution in [1.29, 1.82) is 0 Å². The molecule has 1 fully saturated rings. The van der Waals surface area contributed by atoms with Gasteiger partial charge in [-0.05, 0) is 25.5 Å². The summed E-state index contributed by atoms with van der Waals surface area (Å²) >= 11 is 7.56. The molecule has 0 aromatic heterocycles. The first kappa shape index (κ1) is 11.9. The Bertz CT molecular complexity index is 401. The minimum absolute atomic E-state index is 0.0375. The average Bonchev–Trinajstić information content (AvgIpc) is 2.53. The molecule has 0 amide bonds. The highest BCUT2D eigenvalue weighted by Gasteiger charge is 2.30. The zero-order valence-electron chi connectivity index (χ0n) is 8.87. The lowest BCUT2D eigenvalue weighted by Gasteiger charge is -2.10. The fraction of sp³-hybridized carbons (Fsp3) is 0.417. The van der Waals surface area contributed by atoms with Gasteiger partial charge in [-0.25, -0.2) is 4.39 Å². The van der Waals surface area contributed by atoms with Crippen LogP contribution in [0.3, 0.4) is 0 Å². The van der Waals surface area contributed by atoms with E-state index in [1.807, 2.05) is 6.92 Å². The molecule has 16 heavy (non-hydrogen) atoms. The Morgan fingerprint density at radius 3 is 2.88 bits per heavy atom. The Hall–Kier alpha value is -0.540. The van der Waals surface area contributed by atoms with Crippen LogP contribution in [0.4, 0.5) is 4.39 Å². The van der Waals surface area contributed by atoms with E-state index < -0.39 is 0 Å². The summed E-state index contributed by atoms with van der Waals surface area (Å²) in [5, 5.41) is 0.653. The van der Waals surface area contributed by atoms with Crippen molar-refractivity contribution in [2.24, 2.45) is 0 Å². The second-order valence-electron chi connectivity index (χ2n) is 3.98. The van der Waals surface area contributed by atoms with Crippen molar-refractivity contribution >= 4 is 29.1 Å². The quantitative estimate of drug-likeness (QED) is 0.808. The van der Waals surface area contributed by atoms with Gasteiger partial charge in [0.05, 0.1) is 5.25 Å². The molecule has 0 N–H and O–H groups in total. The molecule has 1 nitrogen and oxygen atoms in total. The molecule has 1 saturated heterocycles. The fourth-order valence-electron chi connectivity index (χ4n) is 1.88. The van der Waals surface area contributed by atoms with Crippen molar-refractivity contribution in [3.05, 3.63) is 34.6 Å². The predicted molar refractivity (Wildman–Crippen MR) is 65.6 cm³/mol. The zero-order chi connectivity index (χ0) is 11.7. The van der Waals surface area contributed by atoms with Crippen LogP contribution >= 0.6 is 23.4 Å². The topological polar surface area (TPSA) is 17.1 Å². The molecule has 0 aliphatic carbocycles. The Morgan fingerprint density at radius 1 is 1.56 bits per heavy atom. The highest BCUT2D eigenvalue weighted by atomic mass is 35.5. The predicted octanol–water partition coefficient (Wildman–Crippen LogP) is 3.48. The van der Waals surface area contributed by atoms with E-state index in [1.165, 1.54) is 6.07 Å². The van der Waals surface area contributed by atoms with Crippen LogP contribution in [0.25, 0.3) is 0 Å². The molecule has 0 bridgehead atoms. The van der Waals surface area contributed by atoms with Crippen LogP contribution in [0.2, 0.25) is 5.02 Å². The maximum atomic E-state index is 13.5. The lowest BCUT2D eigenvalue weighted by Crippen LogP contribution is -2.07. The van der Waals surface area contributed by atoms with Crippen molar-refractivity contribution < 1.29 is 9.18 Å². The van der Waals surface area contributed by atoms with Crippen LogP contribution in [0.5, 0.6) is 0 Å². The van der Waals surface area contributed by atoms with Gasteiger partial charge in [-0.1, -0.05) is 17.7 Å². The van der Waals surface area contributed by atoms with E-state index in [2.05, 4.69) is 0 Å². The Kier molecular flexibility index (Phi) is 3.55. The number of thioether (sulfide) groups is 1. The minimum Gasteiger partial charge on any atom is -0.298 e. The van der Waals surface area contributed by atoms with Gasteiger partial charge in [0.2, 0.25) is 0 Å². The Labute approximate surface area is 103 Å². The maximum Gasteiger partial charge on any atom is 0.146 e. The van der Waals surface area contributed by atoms with Crippen LogP contribution in [-0.4, -0.2) is 16.3 Å². The van der Waals surface area contributed by atoms with E-state index in [9.17, 15) is 9.18 Å². The Morgan fingerprint density at radius 2 is 2.31 bits per heavy atom. The van der Waals surface area contributed by atoms with Gasteiger partial charge < -0.3 is 0 Å². The van der Waals surface area contributed by atoms with Gasteiger partial charge in [0.25, 0.3) is 0 Å². The third-order valence-electron chi connectivity index (χ3n) is 2.77. The van der Waals surface area contributed by atoms with Crippen LogP contribution in [0.15, 0.2) is 18.2 Å². The van der Waals surface area contributed by atoms with Gasteiger partial charge in [-0.3, -0.25) is 4.79 Å². The largest absolute Gasteiger partial charge is 0.298 e. The molecule has 2 rings (SSSR count). The SMILES string of the molecule is CC1SC(Cc2c(F)cccc2Cl)CC1=O. The molecular formula is C12H12ClFOS. The summed E-state index contributed by atoms with van der Waals surface area (Å²) in [6, 6.07) is 4.69. The van der Waals surface area contributed by atoms with Crippen molar-refractivity contribution in [2.45, 2.75) is 30.3 Å². The molecule has 1 aliphatic rings. The van der Waals surface area contributed by atoms with E-state index in [1.54, 1.807) is 23.9 Å². The van der Waals surface area contributed by atoms with Gasteiger partial charge in [0, 0.05) is 22.3 Å². The van der Waals surface area contributed by atoms with Crippen molar-refractivity contribution in [2.75, 3.05) is 0 Å². The van der Waals surface area contributed by atoms with E-state index >= 15 is 0 Å². The number of hydrogen-bond donors (Lipinski definition) is 0. The van der Waals surface area contributed by atoms with Gasteiger partial charge in [-0.2, -0.15) is 0 Å². The number of halogens is 2. The van der Waals surface area contributed by atoms with Crippen LogP contribution in [0.1, 0.15) is 18.9 Å². The molecule has 4 heteroatoms. The molecule has 0 spiro atoms. The highest BCUT2D eigenvalue weighted by Crippen LogP contribution is 2.34. The lowest BCUT2D eigenvalue weighted by atomic mass is 10.1. The molecule has 2 unspecified atom stereocenters. The molecule has 1 aromatic carbocycles. The molecule has 1 heterocycles. The van der Waals surface area contributed by atoms with Crippen LogP contribution in [-0.2, 0) is 11.2 Å². The number of rotatable bonds is 2. The number of ketones is 1. The molecule has 0 saturated carbocycles. The number of carbonyl (C=O) groups is 1. The van der Waals surface area contributed by atoms with E-state index in [0.29, 0.717) is 23.4 Å². The summed E-state index contributed by atoms with van der Waals surface area (Å²) in [6.07, 6.45) is 1.06. The third-order valence-corrected chi connectivity index (χ3v) is 4.52. The normalized spacial score (nSPS) is 25.1. The number of carbonyl (C=O) groups excluding carboxylic acids is 1. The third kappa shape index (κ3) is 2.41. The van der Waals surface area contributed by atoms with Gasteiger partial charge >= 0.3 is 0 Å². The first-order chi connectivity index (χ1) is 7.58. The van der Waals surface area contributed by atoms with Crippen molar-refractivity contribution in [3.8, 4) is 0 Å². The number of hydrogen-bond acceptors (Lipinski definition) is 2. The molecule has 0 radical (unpaired) electrons. The Balaban J connectivity index is 2.13.